The number of nitrogens with one attached hydrogen (secondary N) is 2. The van der Waals surface area contributed by atoms with Crippen LogP contribution in [0.3, 0.4) is 0 Å². The molecule has 0 atom stereocenters. The van der Waals surface area contributed by atoms with Gasteiger partial charge in [-0.2, -0.15) is 4.98 Å². The van der Waals surface area contributed by atoms with Gasteiger partial charge < -0.3 is 20.3 Å². The van der Waals surface area contributed by atoms with E-state index in [1.165, 1.54) is 0 Å². The minimum atomic E-state index is 0.352. The van der Waals surface area contributed by atoms with E-state index in [4.69, 9.17) is 40.2 Å². The van der Waals surface area contributed by atoms with Gasteiger partial charge >= 0.3 is 0 Å². The number of ether oxygens (including phenoxy) is 1. The van der Waals surface area contributed by atoms with E-state index in [-0.39, 0.29) is 0 Å². The SMILES string of the molecule is S=C(NCc1ccccc1Cl)Nc1nc(Cl)cc(N2CCOCC2)n1. The van der Waals surface area contributed by atoms with Crippen LogP contribution in [0.5, 0.6) is 0 Å². The fourth-order valence-electron chi connectivity index (χ4n) is 2.38. The summed E-state index contributed by atoms with van der Waals surface area (Å²) in [5.74, 6) is 1.10. The number of hydrogen-bond acceptors (Lipinski definition) is 5. The number of morpholine rings is 1. The van der Waals surface area contributed by atoms with Gasteiger partial charge in [-0.25, -0.2) is 4.98 Å². The first kappa shape index (κ1) is 18.1. The fourth-order valence-corrected chi connectivity index (χ4v) is 2.92. The zero-order valence-electron chi connectivity index (χ0n) is 13.3. The van der Waals surface area contributed by atoms with E-state index in [9.17, 15) is 0 Å². The standard InChI is InChI=1S/C16H17Cl2N5OS/c17-12-4-2-1-3-11(12)10-19-16(25)22-15-20-13(18)9-14(21-15)23-5-7-24-8-6-23/h1-4,9H,5-8,10H2,(H2,19,20,21,22,25). The van der Waals surface area contributed by atoms with Gasteiger partial charge in [0.25, 0.3) is 0 Å². The molecule has 1 aliphatic heterocycles. The summed E-state index contributed by atoms with van der Waals surface area (Å²) in [5.41, 5.74) is 0.953. The minimum Gasteiger partial charge on any atom is -0.378 e. The number of hydrogen-bond donors (Lipinski definition) is 2. The average Bonchev–Trinajstić information content (AvgIpc) is 2.61. The van der Waals surface area contributed by atoms with Gasteiger partial charge in [-0.3, -0.25) is 0 Å². The molecular formula is C16H17Cl2N5OS. The van der Waals surface area contributed by atoms with Crippen molar-refractivity contribution in [2.45, 2.75) is 6.54 Å². The van der Waals surface area contributed by atoms with Gasteiger partial charge in [0.05, 0.1) is 13.2 Å². The monoisotopic (exact) mass is 397 g/mol. The molecule has 2 N–H and O–H groups in total. The Kier molecular flexibility index (Phi) is 6.25. The Balaban J connectivity index is 1.62. The van der Waals surface area contributed by atoms with Gasteiger partial charge in [0.1, 0.15) is 11.0 Å². The summed E-state index contributed by atoms with van der Waals surface area (Å²) in [5, 5.41) is 7.49. The number of thiocarbonyl (C=S) groups is 1. The number of nitrogens with zero attached hydrogens (tertiary/aromatic N) is 3. The molecular weight excluding hydrogens is 381 g/mol. The highest BCUT2D eigenvalue weighted by Gasteiger charge is 2.15. The molecule has 132 valence electrons. The van der Waals surface area contributed by atoms with E-state index in [1.54, 1.807) is 6.07 Å². The highest BCUT2D eigenvalue weighted by Crippen LogP contribution is 2.19. The molecule has 2 aromatic rings. The van der Waals surface area contributed by atoms with Crippen LogP contribution in [0.15, 0.2) is 30.3 Å². The summed E-state index contributed by atoms with van der Waals surface area (Å²) in [4.78, 5) is 10.8. The van der Waals surface area contributed by atoms with Crippen molar-refractivity contribution in [3.63, 3.8) is 0 Å². The predicted octanol–water partition coefficient (Wildman–Crippen LogP) is 3.11. The van der Waals surface area contributed by atoms with Crippen LogP contribution < -0.4 is 15.5 Å². The molecule has 25 heavy (non-hydrogen) atoms. The molecule has 2 heterocycles. The van der Waals surface area contributed by atoms with Crippen LogP contribution in [0.1, 0.15) is 5.56 Å². The summed E-state index contributed by atoms with van der Waals surface area (Å²) in [6.45, 7) is 3.37. The lowest BCUT2D eigenvalue weighted by Gasteiger charge is -2.28. The van der Waals surface area contributed by atoms with E-state index >= 15 is 0 Å². The number of anilines is 2. The zero-order valence-corrected chi connectivity index (χ0v) is 15.7. The molecule has 0 amide bonds. The molecule has 1 aliphatic rings. The lowest BCUT2D eigenvalue weighted by Crippen LogP contribution is -2.37. The van der Waals surface area contributed by atoms with Gasteiger partial charge in [-0.1, -0.05) is 41.4 Å². The van der Waals surface area contributed by atoms with E-state index in [0.29, 0.717) is 41.0 Å². The Morgan fingerprint density at radius 2 is 1.96 bits per heavy atom. The van der Waals surface area contributed by atoms with Crippen LogP contribution in [0.25, 0.3) is 0 Å². The van der Waals surface area contributed by atoms with Crippen LogP contribution in [-0.4, -0.2) is 41.4 Å². The van der Waals surface area contributed by atoms with Crippen molar-refractivity contribution in [3.8, 4) is 0 Å². The van der Waals surface area contributed by atoms with E-state index in [1.807, 2.05) is 24.3 Å². The van der Waals surface area contributed by atoms with Crippen molar-refractivity contribution < 1.29 is 4.74 Å². The smallest absolute Gasteiger partial charge is 0.232 e. The Bertz CT molecular complexity index is 755. The molecule has 3 rings (SSSR count). The Morgan fingerprint density at radius 3 is 2.72 bits per heavy atom. The maximum absolute atomic E-state index is 6.13. The molecule has 9 heteroatoms. The summed E-state index contributed by atoms with van der Waals surface area (Å²) >= 11 is 17.5. The van der Waals surface area contributed by atoms with Crippen molar-refractivity contribution in [2.75, 3.05) is 36.5 Å². The van der Waals surface area contributed by atoms with Crippen LogP contribution in [-0.2, 0) is 11.3 Å². The summed E-state index contributed by atoms with van der Waals surface area (Å²) < 4.78 is 5.35. The molecule has 1 fully saturated rings. The highest BCUT2D eigenvalue weighted by atomic mass is 35.5. The number of benzene rings is 1. The Labute approximate surface area is 161 Å². The zero-order chi connectivity index (χ0) is 17.6. The second kappa shape index (κ2) is 8.62. The summed E-state index contributed by atoms with van der Waals surface area (Å²) in [6, 6.07) is 9.32. The van der Waals surface area contributed by atoms with Crippen LogP contribution in [0, 0.1) is 0 Å². The predicted molar refractivity (Wildman–Crippen MR) is 105 cm³/mol. The third-order valence-corrected chi connectivity index (χ3v) is 4.45. The van der Waals surface area contributed by atoms with Gasteiger partial charge in [0, 0.05) is 30.7 Å². The Morgan fingerprint density at radius 1 is 1.20 bits per heavy atom. The lowest BCUT2D eigenvalue weighted by molar-refractivity contribution is 0.122. The van der Waals surface area contributed by atoms with Gasteiger partial charge in [-0.15, -0.1) is 0 Å². The third kappa shape index (κ3) is 5.15. The minimum absolute atomic E-state index is 0.352. The molecule has 1 aromatic heterocycles. The van der Waals surface area contributed by atoms with E-state index in [2.05, 4.69) is 25.5 Å². The largest absolute Gasteiger partial charge is 0.378 e. The lowest BCUT2D eigenvalue weighted by atomic mass is 10.2. The fraction of sp³-hybridized carbons (Fsp3) is 0.312. The highest BCUT2D eigenvalue weighted by molar-refractivity contribution is 7.80. The summed E-state index contributed by atoms with van der Waals surface area (Å²) in [7, 11) is 0. The average molecular weight is 398 g/mol. The molecule has 0 aliphatic carbocycles. The van der Waals surface area contributed by atoms with Crippen molar-refractivity contribution in [1.29, 1.82) is 0 Å². The normalized spacial score (nSPS) is 14.2. The molecule has 1 aromatic carbocycles. The molecule has 0 bridgehead atoms. The first-order valence-corrected chi connectivity index (χ1v) is 8.94. The quantitative estimate of drug-likeness (QED) is 0.606. The van der Waals surface area contributed by atoms with Crippen molar-refractivity contribution >= 4 is 52.3 Å². The molecule has 1 saturated heterocycles. The van der Waals surface area contributed by atoms with E-state index in [0.717, 1.165) is 24.5 Å². The van der Waals surface area contributed by atoms with Crippen molar-refractivity contribution in [1.82, 2.24) is 15.3 Å². The molecule has 0 saturated carbocycles. The summed E-state index contributed by atoms with van der Waals surface area (Å²) in [6.07, 6.45) is 0. The molecule has 0 radical (unpaired) electrons. The third-order valence-electron chi connectivity index (χ3n) is 3.64. The topological polar surface area (TPSA) is 62.3 Å². The van der Waals surface area contributed by atoms with Crippen LogP contribution in [0.4, 0.5) is 11.8 Å². The van der Waals surface area contributed by atoms with Crippen LogP contribution in [0.2, 0.25) is 10.2 Å². The first-order chi connectivity index (χ1) is 12.1. The number of rotatable bonds is 4. The van der Waals surface area contributed by atoms with Gasteiger partial charge in [-0.05, 0) is 23.8 Å². The van der Waals surface area contributed by atoms with Crippen molar-refractivity contribution in [3.05, 3.63) is 46.1 Å². The maximum Gasteiger partial charge on any atom is 0.232 e. The second-order valence-corrected chi connectivity index (χ2v) is 6.57. The number of halogens is 2. The van der Waals surface area contributed by atoms with Gasteiger partial charge in [0.2, 0.25) is 5.95 Å². The molecule has 0 unspecified atom stereocenters. The molecule has 6 nitrogen and oxygen atoms in total. The maximum atomic E-state index is 6.13. The Hall–Kier alpha value is -1.67. The first-order valence-electron chi connectivity index (χ1n) is 7.77. The van der Waals surface area contributed by atoms with Gasteiger partial charge in [0.15, 0.2) is 5.11 Å². The van der Waals surface area contributed by atoms with Crippen LogP contribution >= 0.6 is 35.4 Å². The van der Waals surface area contributed by atoms with E-state index < -0.39 is 0 Å². The second-order valence-electron chi connectivity index (χ2n) is 5.37. The molecule has 0 spiro atoms. The number of aromatic nitrogens is 2. The van der Waals surface area contributed by atoms with Crippen molar-refractivity contribution in [2.24, 2.45) is 0 Å².